The number of hydrogen-bond acceptors (Lipinski definition) is 2. The second-order valence-electron chi connectivity index (χ2n) is 4.36. The maximum atomic E-state index is 11.1. The van der Waals surface area contributed by atoms with Crippen molar-refractivity contribution in [2.75, 3.05) is 0 Å². The number of aromatic nitrogens is 2. The Bertz CT molecular complexity index is 647. The summed E-state index contributed by atoms with van der Waals surface area (Å²) < 4.78 is 1.90. The van der Waals surface area contributed by atoms with Gasteiger partial charge in [-0.05, 0) is 38.5 Å². The lowest BCUT2D eigenvalue weighted by atomic mass is 10.0. The van der Waals surface area contributed by atoms with Crippen LogP contribution in [0.5, 0.6) is 0 Å². The minimum atomic E-state index is -1.02. The standard InChI is InChI=1S/C14H15ClN2O2/c1-4-17-9(3)13(8(2)16-17)10-5-6-12(15)11(7-10)14(18)19/h5-7H,4H2,1-3H3,(H,18,19). The number of benzene rings is 1. The molecule has 0 atom stereocenters. The lowest BCUT2D eigenvalue weighted by Crippen LogP contribution is -1.99. The van der Waals surface area contributed by atoms with Crippen LogP contribution in [0.15, 0.2) is 18.2 Å². The number of carbonyl (C=O) groups is 1. The van der Waals surface area contributed by atoms with Gasteiger partial charge in [0.15, 0.2) is 0 Å². The average Bonchev–Trinajstić information content (AvgIpc) is 2.65. The summed E-state index contributed by atoms with van der Waals surface area (Å²) in [6.45, 7) is 6.71. The third-order valence-electron chi connectivity index (χ3n) is 3.17. The Kier molecular flexibility index (Phi) is 3.62. The highest BCUT2D eigenvalue weighted by Crippen LogP contribution is 2.30. The van der Waals surface area contributed by atoms with E-state index in [1.807, 2.05) is 31.5 Å². The Hall–Kier alpha value is -1.81. The molecule has 0 saturated heterocycles. The van der Waals surface area contributed by atoms with Crippen molar-refractivity contribution in [2.45, 2.75) is 27.3 Å². The number of nitrogens with zero attached hydrogens (tertiary/aromatic N) is 2. The first kappa shape index (κ1) is 13.6. The van der Waals surface area contributed by atoms with Crippen LogP contribution in [-0.2, 0) is 6.54 Å². The van der Waals surface area contributed by atoms with E-state index in [-0.39, 0.29) is 10.6 Å². The number of carboxylic acid groups (broad SMARTS) is 1. The van der Waals surface area contributed by atoms with E-state index in [9.17, 15) is 4.79 Å². The topological polar surface area (TPSA) is 55.1 Å². The van der Waals surface area contributed by atoms with Crippen LogP contribution in [0.4, 0.5) is 0 Å². The average molecular weight is 279 g/mol. The third kappa shape index (κ3) is 2.36. The smallest absolute Gasteiger partial charge is 0.337 e. The van der Waals surface area contributed by atoms with E-state index in [2.05, 4.69) is 5.10 Å². The van der Waals surface area contributed by atoms with E-state index in [0.717, 1.165) is 29.1 Å². The number of hydrogen-bond donors (Lipinski definition) is 1. The van der Waals surface area contributed by atoms with Crippen LogP contribution >= 0.6 is 11.6 Å². The molecule has 0 unspecified atom stereocenters. The molecule has 100 valence electrons. The first-order valence-electron chi connectivity index (χ1n) is 6.03. The predicted octanol–water partition coefficient (Wildman–Crippen LogP) is 3.54. The highest BCUT2D eigenvalue weighted by Gasteiger charge is 2.16. The monoisotopic (exact) mass is 278 g/mol. The van der Waals surface area contributed by atoms with Crippen molar-refractivity contribution in [3.63, 3.8) is 0 Å². The van der Waals surface area contributed by atoms with Crippen LogP contribution in [0.25, 0.3) is 11.1 Å². The van der Waals surface area contributed by atoms with Gasteiger partial charge in [-0.1, -0.05) is 17.7 Å². The molecule has 0 bridgehead atoms. The summed E-state index contributed by atoms with van der Waals surface area (Å²) in [5.41, 5.74) is 3.83. The fraction of sp³-hybridized carbons (Fsp3) is 0.286. The minimum absolute atomic E-state index is 0.113. The summed E-state index contributed by atoms with van der Waals surface area (Å²) in [5, 5.41) is 13.8. The second-order valence-corrected chi connectivity index (χ2v) is 4.77. The molecule has 0 fully saturated rings. The van der Waals surface area contributed by atoms with E-state index < -0.39 is 5.97 Å². The molecule has 19 heavy (non-hydrogen) atoms. The molecule has 0 radical (unpaired) electrons. The number of halogens is 1. The zero-order chi connectivity index (χ0) is 14.2. The summed E-state index contributed by atoms with van der Waals surface area (Å²) in [7, 11) is 0. The van der Waals surface area contributed by atoms with E-state index in [1.165, 1.54) is 0 Å². The molecule has 2 aromatic rings. The van der Waals surface area contributed by atoms with Gasteiger partial charge in [0, 0.05) is 17.8 Å². The highest BCUT2D eigenvalue weighted by atomic mass is 35.5. The van der Waals surface area contributed by atoms with Crippen LogP contribution in [0, 0.1) is 13.8 Å². The van der Waals surface area contributed by atoms with Crippen LogP contribution in [0.1, 0.15) is 28.7 Å². The Balaban J connectivity index is 2.63. The van der Waals surface area contributed by atoms with Crippen LogP contribution in [0.3, 0.4) is 0 Å². The molecule has 0 aliphatic carbocycles. The quantitative estimate of drug-likeness (QED) is 0.934. The third-order valence-corrected chi connectivity index (χ3v) is 3.50. The molecule has 0 aliphatic rings. The maximum absolute atomic E-state index is 11.1. The van der Waals surface area contributed by atoms with Gasteiger partial charge in [-0.3, -0.25) is 4.68 Å². The molecule has 1 aromatic heterocycles. The fourth-order valence-electron chi connectivity index (χ4n) is 2.27. The lowest BCUT2D eigenvalue weighted by molar-refractivity contribution is 0.0697. The Morgan fingerprint density at radius 2 is 2.11 bits per heavy atom. The Labute approximate surface area is 116 Å². The first-order chi connectivity index (χ1) is 8.95. The molecule has 2 rings (SSSR count). The van der Waals surface area contributed by atoms with Crippen molar-refractivity contribution < 1.29 is 9.90 Å². The zero-order valence-electron chi connectivity index (χ0n) is 11.1. The summed E-state index contributed by atoms with van der Waals surface area (Å²) in [5.74, 6) is -1.02. The van der Waals surface area contributed by atoms with Gasteiger partial charge in [0.1, 0.15) is 0 Å². The number of aromatic carboxylic acids is 1. The van der Waals surface area contributed by atoms with Crippen molar-refractivity contribution in [3.8, 4) is 11.1 Å². The number of carboxylic acids is 1. The molecule has 1 N–H and O–H groups in total. The van der Waals surface area contributed by atoms with Gasteiger partial charge in [0.05, 0.1) is 16.3 Å². The summed E-state index contributed by atoms with van der Waals surface area (Å²) in [4.78, 5) is 11.1. The SMILES string of the molecule is CCn1nc(C)c(-c2ccc(Cl)c(C(=O)O)c2)c1C. The minimum Gasteiger partial charge on any atom is -0.478 e. The van der Waals surface area contributed by atoms with Crippen molar-refractivity contribution in [1.82, 2.24) is 9.78 Å². The van der Waals surface area contributed by atoms with Gasteiger partial charge in [0.2, 0.25) is 0 Å². The van der Waals surface area contributed by atoms with Crippen molar-refractivity contribution >= 4 is 17.6 Å². The summed E-state index contributed by atoms with van der Waals surface area (Å²) >= 11 is 5.89. The van der Waals surface area contributed by atoms with E-state index in [1.54, 1.807) is 12.1 Å². The van der Waals surface area contributed by atoms with Gasteiger partial charge in [0.25, 0.3) is 0 Å². The van der Waals surface area contributed by atoms with Gasteiger partial charge in [-0.25, -0.2) is 4.79 Å². The Morgan fingerprint density at radius 1 is 1.42 bits per heavy atom. The molecule has 0 spiro atoms. The van der Waals surface area contributed by atoms with Crippen LogP contribution in [0.2, 0.25) is 5.02 Å². The summed E-state index contributed by atoms with van der Waals surface area (Å²) in [6.07, 6.45) is 0. The van der Waals surface area contributed by atoms with Crippen molar-refractivity contribution in [1.29, 1.82) is 0 Å². The maximum Gasteiger partial charge on any atom is 0.337 e. The van der Waals surface area contributed by atoms with Crippen LogP contribution < -0.4 is 0 Å². The predicted molar refractivity (Wildman–Crippen MR) is 74.8 cm³/mol. The molecule has 4 nitrogen and oxygen atoms in total. The van der Waals surface area contributed by atoms with E-state index in [0.29, 0.717) is 0 Å². The molecular formula is C14H15ClN2O2. The van der Waals surface area contributed by atoms with Crippen molar-refractivity contribution in [2.24, 2.45) is 0 Å². The number of aryl methyl sites for hydroxylation is 2. The second kappa shape index (κ2) is 5.05. The lowest BCUT2D eigenvalue weighted by Gasteiger charge is -2.06. The van der Waals surface area contributed by atoms with Crippen LogP contribution in [-0.4, -0.2) is 20.9 Å². The fourth-order valence-corrected chi connectivity index (χ4v) is 2.47. The van der Waals surface area contributed by atoms with Gasteiger partial charge < -0.3 is 5.11 Å². The van der Waals surface area contributed by atoms with Crippen molar-refractivity contribution in [3.05, 3.63) is 40.2 Å². The highest BCUT2D eigenvalue weighted by molar-refractivity contribution is 6.33. The van der Waals surface area contributed by atoms with Gasteiger partial charge in [-0.2, -0.15) is 5.10 Å². The molecular weight excluding hydrogens is 264 g/mol. The van der Waals surface area contributed by atoms with E-state index >= 15 is 0 Å². The molecule has 1 heterocycles. The summed E-state index contributed by atoms with van der Waals surface area (Å²) in [6, 6.07) is 5.04. The molecule has 0 aliphatic heterocycles. The molecule has 0 saturated carbocycles. The molecule has 1 aromatic carbocycles. The van der Waals surface area contributed by atoms with Gasteiger partial charge >= 0.3 is 5.97 Å². The first-order valence-corrected chi connectivity index (χ1v) is 6.40. The zero-order valence-corrected chi connectivity index (χ0v) is 11.8. The molecule has 5 heteroatoms. The largest absolute Gasteiger partial charge is 0.478 e. The Morgan fingerprint density at radius 3 is 2.63 bits per heavy atom. The number of rotatable bonds is 3. The molecule has 0 amide bonds. The van der Waals surface area contributed by atoms with Gasteiger partial charge in [-0.15, -0.1) is 0 Å². The van der Waals surface area contributed by atoms with E-state index in [4.69, 9.17) is 16.7 Å². The normalized spacial score (nSPS) is 10.7.